The minimum absolute atomic E-state index is 0.0204. The van der Waals surface area contributed by atoms with Gasteiger partial charge in [0, 0.05) is 6.20 Å². The first-order valence-corrected chi connectivity index (χ1v) is 10.1. The number of sulfonamides is 1. The largest absolute Gasteiger partial charge is 0.348 e. The number of nitrogens with one attached hydrogen (secondary N) is 1. The van der Waals surface area contributed by atoms with E-state index in [-0.39, 0.29) is 10.9 Å². The Morgan fingerprint density at radius 2 is 1.86 bits per heavy atom. The Bertz CT molecular complexity index is 1240. The van der Waals surface area contributed by atoms with Crippen molar-refractivity contribution in [2.45, 2.75) is 17.9 Å². The number of rotatable bonds is 5. The molecule has 1 atom stereocenters. The first-order chi connectivity index (χ1) is 13.4. The highest BCUT2D eigenvalue weighted by Crippen LogP contribution is 2.21. The van der Waals surface area contributed by atoms with E-state index in [9.17, 15) is 8.42 Å². The number of benzene rings is 2. The quantitative estimate of drug-likeness (QED) is 0.538. The molecule has 0 aliphatic carbocycles. The van der Waals surface area contributed by atoms with Gasteiger partial charge >= 0.3 is 0 Å². The van der Waals surface area contributed by atoms with Gasteiger partial charge in [-0.1, -0.05) is 30.3 Å². The Hall–Kier alpha value is -3.30. The van der Waals surface area contributed by atoms with Crippen molar-refractivity contribution in [1.82, 2.24) is 19.5 Å². The summed E-state index contributed by atoms with van der Waals surface area (Å²) in [7, 11) is -3.78. The van der Waals surface area contributed by atoms with Crippen molar-refractivity contribution in [3.63, 3.8) is 0 Å². The molecule has 0 amide bonds. The van der Waals surface area contributed by atoms with Gasteiger partial charge in [-0.3, -0.25) is 4.57 Å². The smallest absolute Gasteiger partial charge is 0.238 e. The van der Waals surface area contributed by atoms with Gasteiger partial charge in [-0.05, 0) is 36.8 Å². The lowest BCUT2D eigenvalue weighted by Crippen LogP contribution is -2.12. The highest BCUT2D eigenvalue weighted by atomic mass is 32.2. The Kier molecular flexibility index (Phi) is 4.54. The fourth-order valence-corrected chi connectivity index (χ4v) is 3.46. The molecular weight excluding hydrogens is 376 g/mol. The van der Waals surface area contributed by atoms with E-state index in [1.54, 1.807) is 29.2 Å². The third-order valence-electron chi connectivity index (χ3n) is 4.38. The van der Waals surface area contributed by atoms with Gasteiger partial charge in [0.15, 0.2) is 0 Å². The molecule has 0 saturated heterocycles. The highest BCUT2D eigenvalue weighted by Gasteiger charge is 2.13. The van der Waals surface area contributed by atoms with E-state index < -0.39 is 10.0 Å². The van der Waals surface area contributed by atoms with E-state index in [0.29, 0.717) is 22.8 Å². The molecule has 0 aliphatic heterocycles. The van der Waals surface area contributed by atoms with Gasteiger partial charge in [0.05, 0.1) is 22.0 Å². The number of aromatic nitrogens is 4. The Balaban J connectivity index is 1.66. The van der Waals surface area contributed by atoms with Gasteiger partial charge in [0.2, 0.25) is 16.0 Å². The summed E-state index contributed by atoms with van der Waals surface area (Å²) in [6.45, 7) is 2.03. The monoisotopic (exact) mass is 394 g/mol. The molecule has 0 fully saturated rings. The summed E-state index contributed by atoms with van der Waals surface area (Å²) >= 11 is 0. The van der Waals surface area contributed by atoms with Crippen molar-refractivity contribution < 1.29 is 8.42 Å². The van der Waals surface area contributed by atoms with Gasteiger partial charge in [-0.15, -0.1) is 0 Å². The predicted molar refractivity (Wildman–Crippen MR) is 107 cm³/mol. The number of anilines is 1. The average Bonchev–Trinajstić information content (AvgIpc) is 3.11. The average molecular weight is 394 g/mol. The second-order valence-electron chi connectivity index (χ2n) is 6.33. The minimum Gasteiger partial charge on any atom is -0.348 e. The molecule has 2 aromatic carbocycles. The van der Waals surface area contributed by atoms with Gasteiger partial charge < -0.3 is 5.32 Å². The zero-order valence-corrected chi connectivity index (χ0v) is 15.8. The predicted octanol–water partition coefficient (Wildman–Crippen LogP) is 2.64. The molecule has 0 bridgehead atoms. The van der Waals surface area contributed by atoms with Crippen molar-refractivity contribution in [3.8, 4) is 5.82 Å². The van der Waals surface area contributed by atoms with Gasteiger partial charge in [0.25, 0.3) is 0 Å². The summed E-state index contributed by atoms with van der Waals surface area (Å²) in [4.78, 5) is 13.1. The number of hydrogen-bond acceptors (Lipinski definition) is 6. The van der Waals surface area contributed by atoms with Crippen molar-refractivity contribution in [3.05, 3.63) is 72.7 Å². The molecule has 0 radical (unpaired) electrons. The van der Waals surface area contributed by atoms with Gasteiger partial charge in [-0.2, -0.15) is 4.98 Å². The van der Waals surface area contributed by atoms with Crippen molar-refractivity contribution in [1.29, 1.82) is 0 Å². The number of primary sulfonamides is 1. The van der Waals surface area contributed by atoms with E-state index in [4.69, 9.17) is 5.14 Å². The van der Waals surface area contributed by atoms with E-state index in [1.165, 1.54) is 12.1 Å². The van der Waals surface area contributed by atoms with E-state index in [2.05, 4.69) is 20.3 Å². The second kappa shape index (κ2) is 7.02. The van der Waals surface area contributed by atoms with Crippen LogP contribution in [0.1, 0.15) is 18.5 Å². The van der Waals surface area contributed by atoms with Crippen molar-refractivity contribution in [2.75, 3.05) is 5.32 Å². The Morgan fingerprint density at radius 1 is 1.07 bits per heavy atom. The second-order valence-corrected chi connectivity index (χ2v) is 7.89. The zero-order valence-electron chi connectivity index (χ0n) is 15.0. The molecule has 1 unspecified atom stereocenters. The first kappa shape index (κ1) is 18.1. The number of nitrogens with zero attached hydrogens (tertiary/aromatic N) is 4. The van der Waals surface area contributed by atoms with Crippen LogP contribution in [-0.4, -0.2) is 27.9 Å². The van der Waals surface area contributed by atoms with Crippen LogP contribution in [0.4, 0.5) is 5.95 Å². The van der Waals surface area contributed by atoms with Gasteiger partial charge in [0.1, 0.15) is 12.1 Å². The van der Waals surface area contributed by atoms with E-state index >= 15 is 0 Å². The third kappa shape index (κ3) is 3.57. The Morgan fingerprint density at radius 3 is 2.61 bits per heavy atom. The lowest BCUT2D eigenvalue weighted by molar-refractivity contribution is 0.598. The molecule has 2 aromatic heterocycles. The molecule has 9 heteroatoms. The van der Waals surface area contributed by atoms with Crippen molar-refractivity contribution >= 4 is 27.0 Å². The van der Waals surface area contributed by atoms with Crippen LogP contribution in [0.5, 0.6) is 0 Å². The van der Waals surface area contributed by atoms with E-state index in [0.717, 1.165) is 5.56 Å². The topological polar surface area (TPSA) is 116 Å². The minimum atomic E-state index is -3.78. The molecule has 0 spiro atoms. The summed E-state index contributed by atoms with van der Waals surface area (Å²) in [6.07, 6.45) is 3.25. The zero-order chi connectivity index (χ0) is 19.7. The van der Waals surface area contributed by atoms with Crippen LogP contribution in [0.25, 0.3) is 16.9 Å². The number of nitrogens with two attached hydrogens (primary N) is 1. The highest BCUT2D eigenvalue weighted by molar-refractivity contribution is 7.89. The fourth-order valence-electron chi connectivity index (χ4n) is 2.92. The summed E-state index contributed by atoms with van der Waals surface area (Å²) in [5, 5.41) is 8.47. The first-order valence-electron chi connectivity index (χ1n) is 8.56. The fraction of sp³-hybridized carbons (Fsp3) is 0.105. The van der Waals surface area contributed by atoms with Crippen LogP contribution in [0.2, 0.25) is 0 Å². The van der Waals surface area contributed by atoms with Crippen LogP contribution in [0.3, 0.4) is 0 Å². The van der Waals surface area contributed by atoms with E-state index in [1.807, 2.05) is 37.3 Å². The molecular formula is C19H18N6O2S. The summed E-state index contributed by atoms with van der Waals surface area (Å²) < 4.78 is 24.8. The molecule has 4 rings (SSSR count). The molecule has 4 aromatic rings. The van der Waals surface area contributed by atoms with Crippen LogP contribution in [0.15, 0.2) is 72.0 Å². The summed E-state index contributed by atoms with van der Waals surface area (Å²) in [6, 6.07) is 16.4. The maximum Gasteiger partial charge on any atom is 0.238 e. The molecule has 0 saturated carbocycles. The third-order valence-corrected chi connectivity index (χ3v) is 5.29. The maximum atomic E-state index is 11.5. The molecule has 8 nitrogen and oxygen atoms in total. The molecule has 142 valence electrons. The molecule has 0 aliphatic rings. The number of fused-ring (bicyclic) bond motifs is 1. The van der Waals surface area contributed by atoms with Gasteiger partial charge in [-0.25, -0.2) is 23.5 Å². The molecule has 3 N–H and O–H groups in total. The maximum absolute atomic E-state index is 11.5. The summed E-state index contributed by atoms with van der Waals surface area (Å²) in [5.41, 5.74) is 2.35. The molecule has 2 heterocycles. The van der Waals surface area contributed by atoms with Crippen LogP contribution >= 0.6 is 0 Å². The SMILES string of the molecule is CC(Nc1nccc(-n2cnc3cc(S(N)(=O)=O)ccc32)n1)c1ccccc1. The Labute approximate surface area is 162 Å². The van der Waals surface area contributed by atoms with Crippen LogP contribution in [-0.2, 0) is 10.0 Å². The summed E-state index contributed by atoms with van der Waals surface area (Å²) in [5.74, 6) is 1.10. The van der Waals surface area contributed by atoms with Crippen LogP contribution in [0, 0.1) is 0 Å². The number of imidazole rings is 1. The lowest BCUT2D eigenvalue weighted by atomic mass is 10.1. The normalized spacial score (nSPS) is 12.8. The van der Waals surface area contributed by atoms with Crippen LogP contribution < -0.4 is 10.5 Å². The number of hydrogen-bond donors (Lipinski definition) is 2. The standard InChI is InChI=1S/C19H18N6O2S/c1-13(14-5-3-2-4-6-14)23-19-21-10-9-18(24-19)25-12-22-16-11-15(28(20,26)27)7-8-17(16)25/h2-13H,1H3,(H2,20,26,27)(H,21,23,24). The lowest BCUT2D eigenvalue weighted by Gasteiger charge is -2.14. The van der Waals surface area contributed by atoms with Crippen molar-refractivity contribution in [2.24, 2.45) is 5.14 Å². The molecule has 28 heavy (non-hydrogen) atoms.